The summed E-state index contributed by atoms with van der Waals surface area (Å²) in [7, 11) is 1.32. The molecule has 2 heterocycles. The van der Waals surface area contributed by atoms with Gasteiger partial charge in [0, 0.05) is 22.7 Å². The molecule has 2 aromatic carbocycles. The Hall–Kier alpha value is -3.94. The first kappa shape index (κ1) is 20.3. The third-order valence-corrected chi connectivity index (χ3v) is 4.94. The Bertz CT molecular complexity index is 1220. The Labute approximate surface area is 178 Å². The summed E-state index contributed by atoms with van der Waals surface area (Å²) in [5, 5.41) is 4.65. The molecule has 0 saturated carbocycles. The second kappa shape index (κ2) is 8.83. The Kier molecular flexibility index (Phi) is 5.79. The van der Waals surface area contributed by atoms with Crippen LogP contribution in [0.4, 0.5) is 0 Å². The van der Waals surface area contributed by atoms with Crippen molar-refractivity contribution in [3.05, 3.63) is 71.7 Å². The molecule has 2 aromatic heterocycles. The van der Waals surface area contributed by atoms with Gasteiger partial charge < -0.3 is 18.6 Å². The van der Waals surface area contributed by atoms with Crippen LogP contribution in [0.5, 0.6) is 0 Å². The molecule has 158 valence electrons. The Balaban J connectivity index is 1.42. The fourth-order valence-electron chi connectivity index (χ4n) is 3.30. The normalized spacial score (nSPS) is 10.9. The van der Waals surface area contributed by atoms with Crippen LogP contribution in [0.25, 0.3) is 22.3 Å². The van der Waals surface area contributed by atoms with Crippen LogP contribution in [-0.2, 0) is 33.8 Å². The minimum absolute atomic E-state index is 0.0724. The molecule has 31 heavy (non-hydrogen) atoms. The zero-order valence-corrected chi connectivity index (χ0v) is 17.2. The number of hydrogen-bond donors (Lipinski definition) is 0. The molecule has 0 saturated heterocycles. The molecule has 0 spiro atoms. The van der Waals surface area contributed by atoms with Crippen LogP contribution in [0.15, 0.2) is 59.3 Å². The van der Waals surface area contributed by atoms with Gasteiger partial charge in [0.05, 0.1) is 12.7 Å². The van der Waals surface area contributed by atoms with E-state index in [9.17, 15) is 9.59 Å². The van der Waals surface area contributed by atoms with Crippen molar-refractivity contribution in [3.63, 3.8) is 0 Å². The molecule has 8 nitrogen and oxygen atoms in total. The highest BCUT2D eigenvalue weighted by atomic mass is 16.6. The Morgan fingerprint density at radius 2 is 1.87 bits per heavy atom. The molecule has 4 aromatic rings. The highest BCUT2D eigenvalue weighted by Gasteiger charge is 2.18. The quantitative estimate of drug-likeness (QED) is 0.421. The third kappa shape index (κ3) is 4.32. The van der Waals surface area contributed by atoms with E-state index in [2.05, 4.69) is 17.1 Å². The van der Waals surface area contributed by atoms with Crippen LogP contribution in [0.3, 0.4) is 0 Å². The SMILES string of the molecule is CCc1ccc(-c2noc(COC(=O)Cn3cc(C(=O)OC)c4ccccc43)n2)cc1. The highest BCUT2D eigenvalue weighted by molar-refractivity contribution is 6.04. The highest BCUT2D eigenvalue weighted by Crippen LogP contribution is 2.22. The van der Waals surface area contributed by atoms with E-state index in [-0.39, 0.29) is 19.0 Å². The second-order valence-electron chi connectivity index (χ2n) is 6.90. The van der Waals surface area contributed by atoms with Crippen molar-refractivity contribution in [1.82, 2.24) is 14.7 Å². The molecule has 0 aliphatic carbocycles. The summed E-state index contributed by atoms with van der Waals surface area (Å²) in [6.45, 7) is 1.88. The summed E-state index contributed by atoms with van der Waals surface area (Å²) < 4.78 is 17.0. The van der Waals surface area contributed by atoms with Gasteiger partial charge in [0.2, 0.25) is 5.82 Å². The number of nitrogens with zero attached hydrogens (tertiary/aromatic N) is 3. The number of fused-ring (bicyclic) bond motifs is 1. The van der Waals surface area contributed by atoms with Gasteiger partial charge >= 0.3 is 11.9 Å². The zero-order valence-electron chi connectivity index (χ0n) is 17.2. The lowest BCUT2D eigenvalue weighted by atomic mass is 10.1. The number of esters is 2. The maximum Gasteiger partial charge on any atom is 0.340 e. The minimum Gasteiger partial charge on any atom is -0.465 e. The van der Waals surface area contributed by atoms with E-state index in [1.807, 2.05) is 42.5 Å². The minimum atomic E-state index is -0.496. The van der Waals surface area contributed by atoms with Crippen molar-refractivity contribution >= 4 is 22.8 Å². The fraction of sp³-hybridized carbons (Fsp3) is 0.217. The van der Waals surface area contributed by atoms with Crippen LogP contribution in [0.2, 0.25) is 0 Å². The van der Waals surface area contributed by atoms with Crippen molar-refractivity contribution < 1.29 is 23.6 Å². The number of rotatable bonds is 7. The number of methoxy groups -OCH3 is 1. The number of benzene rings is 2. The maximum absolute atomic E-state index is 12.4. The average molecular weight is 419 g/mol. The average Bonchev–Trinajstić information content (AvgIpc) is 3.43. The number of ether oxygens (including phenoxy) is 2. The molecule has 0 amide bonds. The Morgan fingerprint density at radius 1 is 1.10 bits per heavy atom. The Morgan fingerprint density at radius 3 is 2.61 bits per heavy atom. The van der Waals surface area contributed by atoms with E-state index >= 15 is 0 Å². The van der Waals surface area contributed by atoms with E-state index in [4.69, 9.17) is 14.0 Å². The predicted octanol–water partition coefficient (Wildman–Crippen LogP) is 3.78. The topological polar surface area (TPSA) is 96.5 Å². The third-order valence-electron chi connectivity index (χ3n) is 4.94. The van der Waals surface area contributed by atoms with Crippen molar-refractivity contribution in [2.45, 2.75) is 26.5 Å². The van der Waals surface area contributed by atoms with Crippen molar-refractivity contribution in [2.24, 2.45) is 0 Å². The zero-order chi connectivity index (χ0) is 21.8. The van der Waals surface area contributed by atoms with E-state index < -0.39 is 11.9 Å². The van der Waals surface area contributed by atoms with Crippen molar-refractivity contribution in [2.75, 3.05) is 7.11 Å². The lowest BCUT2D eigenvalue weighted by molar-refractivity contribution is -0.146. The molecule has 0 radical (unpaired) electrons. The van der Waals surface area contributed by atoms with Crippen LogP contribution < -0.4 is 0 Å². The summed E-state index contributed by atoms with van der Waals surface area (Å²) in [5.41, 5.74) is 3.17. The summed E-state index contributed by atoms with van der Waals surface area (Å²) >= 11 is 0. The molecule has 0 N–H and O–H groups in total. The van der Waals surface area contributed by atoms with Gasteiger partial charge in [-0.05, 0) is 18.1 Å². The van der Waals surface area contributed by atoms with Gasteiger partial charge in [-0.25, -0.2) is 4.79 Å². The van der Waals surface area contributed by atoms with E-state index in [0.717, 1.165) is 17.5 Å². The van der Waals surface area contributed by atoms with Crippen LogP contribution >= 0.6 is 0 Å². The van der Waals surface area contributed by atoms with Gasteiger partial charge in [-0.3, -0.25) is 4.79 Å². The van der Waals surface area contributed by atoms with Gasteiger partial charge in [0.15, 0.2) is 6.61 Å². The van der Waals surface area contributed by atoms with Crippen LogP contribution in [0, 0.1) is 0 Å². The molecule has 0 bridgehead atoms. The summed E-state index contributed by atoms with van der Waals surface area (Å²) in [5.74, 6) is -0.318. The first-order valence-electron chi connectivity index (χ1n) is 9.82. The number of para-hydroxylation sites is 1. The van der Waals surface area contributed by atoms with E-state index in [1.165, 1.54) is 12.7 Å². The van der Waals surface area contributed by atoms with Gasteiger partial charge in [0.25, 0.3) is 5.89 Å². The summed E-state index contributed by atoms with van der Waals surface area (Å²) in [6.07, 6.45) is 2.54. The smallest absolute Gasteiger partial charge is 0.340 e. The van der Waals surface area contributed by atoms with Gasteiger partial charge in [-0.15, -0.1) is 0 Å². The molecule has 0 unspecified atom stereocenters. The second-order valence-corrected chi connectivity index (χ2v) is 6.90. The molecule has 0 fully saturated rings. The number of hydrogen-bond acceptors (Lipinski definition) is 7. The first-order valence-corrected chi connectivity index (χ1v) is 9.82. The molecule has 8 heteroatoms. The number of aromatic nitrogens is 3. The monoisotopic (exact) mass is 419 g/mol. The lowest BCUT2D eigenvalue weighted by Crippen LogP contribution is -2.13. The largest absolute Gasteiger partial charge is 0.465 e. The maximum atomic E-state index is 12.4. The van der Waals surface area contributed by atoms with Gasteiger partial charge in [-0.1, -0.05) is 54.5 Å². The van der Waals surface area contributed by atoms with Crippen molar-refractivity contribution in [1.29, 1.82) is 0 Å². The first-order chi connectivity index (χ1) is 15.1. The molecule has 0 aliphatic heterocycles. The van der Waals surface area contributed by atoms with E-state index in [0.29, 0.717) is 16.8 Å². The number of carbonyl (C=O) groups excluding carboxylic acids is 2. The summed E-state index contributed by atoms with van der Waals surface area (Å²) in [6, 6.07) is 15.1. The molecular weight excluding hydrogens is 398 g/mol. The molecule has 0 atom stereocenters. The lowest BCUT2D eigenvalue weighted by Gasteiger charge is -2.05. The predicted molar refractivity (Wildman–Crippen MR) is 112 cm³/mol. The van der Waals surface area contributed by atoms with Crippen molar-refractivity contribution in [3.8, 4) is 11.4 Å². The number of carbonyl (C=O) groups is 2. The summed E-state index contributed by atoms with van der Waals surface area (Å²) in [4.78, 5) is 28.7. The van der Waals surface area contributed by atoms with Gasteiger partial charge in [-0.2, -0.15) is 4.98 Å². The molecular formula is C23H21N3O5. The fourth-order valence-corrected chi connectivity index (χ4v) is 3.30. The van der Waals surface area contributed by atoms with Crippen LogP contribution in [0.1, 0.15) is 28.7 Å². The molecule has 4 rings (SSSR count). The van der Waals surface area contributed by atoms with Gasteiger partial charge in [0.1, 0.15) is 6.54 Å². The number of aryl methyl sites for hydroxylation is 1. The van der Waals surface area contributed by atoms with E-state index in [1.54, 1.807) is 16.8 Å². The molecule has 0 aliphatic rings. The standard InChI is InChI=1S/C23H21N3O5/c1-3-15-8-10-16(11-9-15)22-24-20(31-25-22)14-30-21(27)13-26-12-18(23(28)29-2)17-6-4-5-7-19(17)26/h4-12H,3,13-14H2,1-2H3. The van der Waals surface area contributed by atoms with Crippen LogP contribution in [-0.4, -0.2) is 33.8 Å².